The van der Waals surface area contributed by atoms with E-state index in [0.717, 1.165) is 17.7 Å². The average molecular weight is 444 g/mol. The van der Waals surface area contributed by atoms with Crippen LogP contribution in [0.15, 0.2) is 24.3 Å². The van der Waals surface area contributed by atoms with Crippen molar-refractivity contribution in [2.45, 2.75) is 78.6 Å². The van der Waals surface area contributed by atoms with Gasteiger partial charge >= 0.3 is 7.60 Å². The number of aryl methyl sites for hydroxylation is 1. The Labute approximate surface area is 178 Å². The molecule has 1 aliphatic heterocycles. The third-order valence-corrected chi connectivity index (χ3v) is 10.1. The van der Waals surface area contributed by atoms with E-state index in [1.54, 1.807) is 0 Å². The van der Waals surface area contributed by atoms with Gasteiger partial charge in [0.05, 0.1) is 6.16 Å². The Morgan fingerprint density at radius 2 is 1.55 bits per heavy atom. The van der Waals surface area contributed by atoms with Gasteiger partial charge in [-0.3, -0.25) is 4.57 Å². The minimum absolute atomic E-state index is 0.326. The van der Waals surface area contributed by atoms with Gasteiger partial charge in [-0.25, -0.2) is 9.34 Å². The molecule has 1 aromatic rings. The number of hydrogen-bond acceptors (Lipinski definition) is 6. The number of para-hydroxylation sites is 1. The largest absolute Gasteiger partial charge is 0.444 e. The summed E-state index contributed by atoms with van der Waals surface area (Å²) in [7, 11) is -1.15. The highest BCUT2D eigenvalue weighted by molar-refractivity contribution is 7.53. The zero-order valence-electron chi connectivity index (χ0n) is 19.2. The van der Waals surface area contributed by atoms with Gasteiger partial charge in [-0.05, 0) is 66.0 Å². The van der Waals surface area contributed by atoms with E-state index in [1.165, 1.54) is 14.2 Å². The van der Waals surface area contributed by atoms with Gasteiger partial charge in [-0.2, -0.15) is 0 Å². The molecule has 0 saturated carbocycles. The Balaban J connectivity index is 2.32. The summed E-state index contributed by atoms with van der Waals surface area (Å²) in [6.45, 7) is 13.6. The van der Waals surface area contributed by atoms with E-state index in [0.29, 0.717) is 36.8 Å². The molecule has 0 bridgehead atoms. The predicted molar refractivity (Wildman–Crippen MR) is 122 cm³/mol. The van der Waals surface area contributed by atoms with Gasteiger partial charge in [-0.15, -0.1) is 0 Å². The minimum atomic E-state index is -3.06. The van der Waals surface area contributed by atoms with Crippen LogP contribution in [0.5, 0.6) is 5.75 Å². The Kier molecular flexibility index (Phi) is 9.15. The zero-order valence-corrected chi connectivity index (χ0v) is 21.0. The summed E-state index contributed by atoms with van der Waals surface area (Å²) in [4.78, 5) is 0. The lowest BCUT2D eigenvalue weighted by Gasteiger charge is -2.51. The molecule has 1 saturated heterocycles. The summed E-state index contributed by atoms with van der Waals surface area (Å²) in [6.07, 6.45) is 2.03. The van der Waals surface area contributed by atoms with Crippen LogP contribution in [0.3, 0.4) is 0 Å². The average Bonchev–Trinajstić information content (AvgIpc) is 2.66. The highest BCUT2D eigenvalue weighted by Gasteiger charge is 2.43. The van der Waals surface area contributed by atoms with Crippen molar-refractivity contribution in [2.24, 2.45) is 0 Å². The Hall–Kier alpha value is -0.480. The van der Waals surface area contributed by atoms with E-state index >= 15 is 0 Å². The number of nitrogens with zero attached hydrogens (tertiary/aromatic N) is 2. The summed E-state index contributed by atoms with van der Waals surface area (Å²) in [5.41, 5.74) is 1.03. The maximum atomic E-state index is 12.5. The molecule has 0 N–H and O–H groups in total. The van der Waals surface area contributed by atoms with Crippen LogP contribution in [-0.4, -0.2) is 53.9 Å². The number of hydrogen-bond donors (Lipinski definition) is 0. The van der Waals surface area contributed by atoms with E-state index in [1.807, 2.05) is 24.3 Å². The fourth-order valence-electron chi connectivity index (χ4n) is 4.08. The van der Waals surface area contributed by atoms with E-state index in [2.05, 4.69) is 50.9 Å². The van der Waals surface area contributed by atoms with Crippen molar-refractivity contribution in [3.05, 3.63) is 29.8 Å². The van der Waals surface area contributed by atoms with Crippen molar-refractivity contribution < 1.29 is 18.1 Å². The summed E-state index contributed by atoms with van der Waals surface area (Å²) >= 11 is 0. The van der Waals surface area contributed by atoms with Gasteiger partial charge < -0.3 is 13.6 Å². The number of benzene rings is 1. The lowest BCUT2D eigenvalue weighted by atomic mass is 10.1. The van der Waals surface area contributed by atoms with Gasteiger partial charge in [0.25, 0.3) is 0 Å². The van der Waals surface area contributed by atoms with Crippen LogP contribution in [0, 0.1) is 0 Å². The Morgan fingerprint density at radius 1 is 1.03 bits per heavy atom. The zero-order chi connectivity index (χ0) is 21.8. The minimum Gasteiger partial charge on any atom is -0.444 e. The molecule has 6 nitrogen and oxygen atoms in total. The maximum Gasteiger partial charge on any atom is 0.330 e. The molecule has 0 radical (unpaired) electrons. The van der Waals surface area contributed by atoms with Crippen LogP contribution in [-0.2, 0) is 20.0 Å². The highest BCUT2D eigenvalue weighted by atomic mass is 31.2. The van der Waals surface area contributed by atoms with Gasteiger partial charge in [0.1, 0.15) is 5.75 Å². The predicted octanol–water partition coefficient (Wildman–Crippen LogP) is 5.92. The molecule has 1 aliphatic rings. The molecular formula is C21H38N2O4P2. The standard InChI is InChI=1S/C21H38N2O4P2/c1-16(2)22-18(5)15-19(6)23(17(3)4)28(22)27-21-12-10-9-11-20(21)13-14-29(24,25-7)26-8/h9-12,16-19H,13-15H2,1-8H3. The van der Waals surface area contributed by atoms with Crippen LogP contribution < -0.4 is 4.52 Å². The monoisotopic (exact) mass is 444 g/mol. The molecule has 0 amide bonds. The summed E-state index contributed by atoms with van der Waals surface area (Å²) in [5, 5.41) is 0. The van der Waals surface area contributed by atoms with Crippen LogP contribution >= 0.6 is 16.0 Å². The molecule has 2 atom stereocenters. The molecule has 0 spiro atoms. The van der Waals surface area contributed by atoms with Gasteiger partial charge in [0.15, 0.2) is 0 Å². The third-order valence-electron chi connectivity index (χ3n) is 5.40. The molecule has 1 heterocycles. The van der Waals surface area contributed by atoms with Crippen molar-refractivity contribution in [2.75, 3.05) is 20.4 Å². The molecule has 0 aromatic heterocycles. The van der Waals surface area contributed by atoms with E-state index in [9.17, 15) is 4.57 Å². The van der Waals surface area contributed by atoms with Gasteiger partial charge in [0, 0.05) is 38.4 Å². The topological polar surface area (TPSA) is 51.2 Å². The summed E-state index contributed by atoms with van der Waals surface area (Å²) < 4.78 is 34.5. The van der Waals surface area contributed by atoms with E-state index in [4.69, 9.17) is 13.6 Å². The highest BCUT2D eigenvalue weighted by Crippen LogP contribution is 2.55. The SMILES string of the molecule is COP(=O)(CCc1ccccc1OP1N(C(C)C)C(C)CC(C)N1C(C)C)OC. The van der Waals surface area contributed by atoms with Crippen molar-refractivity contribution in [3.8, 4) is 5.75 Å². The van der Waals surface area contributed by atoms with Crippen molar-refractivity contribution in [1.29, 1.82) is 0 Å². The second-order valence-electron chi connectivity index (χ2n) is 8.28. The second kappa shape index (κ2) is 10.7. The molecule has 2 unspecified atom stereocenters. The van der Waals surface area contributed by atoms with Crippen molar-refractivity contribution in [1.82, 2.24) is 9.34 Å². The fourth-order valence-corrected chi connectivity index (χ4v) is 7.54. The van der Waals surface area contributed by atoms with Crippen LogP contribution in [0.2, 0.25) is 0 Å². The normalized spacial score (nSPS) is 24.4. The second-order valence-corrected chi connectivity index (χ2v) is 12.3. The molecule has 1 fully saturated rings. The van der Waals surface area contributed by atoms with Gasteiger partial charge in [-0.1, -0.05) is 18.2 Å². The van der Waals surface area contributed by atoms with Crippen LogP contribution in [0.25, 0.3) is 0 Å². The lowest BCUT2D eigenvalue weighted by Crippen LogP contribution is -2.52. The number of rotatable bonds is 9. The molecule has 1 aromatic carbocycles. The first-order valence-corrected chi connectivity index (χ1v) is 13.4. The molecular weight excluding hydrogens is 406 g/mol. The summed E-state index contributed by atoms with van der Waals surface area (Å²) in [5.74, 6) is 0.856. The smallest absolute Gasteiger partial charge is 0.330 e. The first-order valence-electron chi connectivity index (χ1n) is 10.5. The fraction of sp³-hybridized carbons (Fsp3) is 0.714. The third kappa shape index (κ3) is 6.03. The maximum absolute atomic E-state index is 12.5. The van der Waals surface area contributed by atoms with E-state index < -0.39 is 16.0 Å². The molecule has 8 heteroatoms. The van der Waals surface area contributed by atoms with E-state index in [-0.39, 0.29) is 0 Å². The Bertz CT molecular complexity index is 673. The van der Waals surface area contributed by atoms with Crippen molar-refractivity contribution >= 4 is 16.0 Å². The lowest BCUT2D eigenvalue weighted by molar-refractivity contribution is 0.142. The Morgan fingerprint density at radius 3 is 2.03 bits per heavy atom. The van der Waals surface area contributed by atoms with Crippen LogP contribution in [0.1, 0.15) is 53.5 Å². The van der Waals surface area contributed by atoms with Gasteiger partial charge in [0.2, 0.25) is 8.45 Å². The summed E-state index contributed by atoms with van der Waals surface area (Å²) in [6, 6.07) is 9.74. The quantitative estimate of drug-likeness (QED) is 0.441. The van der Waals surface area contributed by atoms with Crippen LogP contribution in [0.4, 0.5) is 0 Å². The molecule has 166 valence electrons. The molecule has 29 heavy (non-hydrogen) atoms. The molecule has 0 aliphatic carbocycles. The first kappa shape index (κ1) is 24.8. The molecule has 2 rings (SSSR count). The van der Waals surface area contributed by atoms with Crippen molar-refractivity contribution in [3.63, 3.8) is 0 Å². The first-order chi connectivity index (χ1) is 13.6.